The van der Waals surface area contributed by atoms with Crippen molar-refractivity contribution in [3.8, 4) is 0 Å². The molecular weight excluding hydrogens is 654 g/mol. The number of alkyl halides is 3. The van der Waals surface area contributed by atoms with E-state index in [1.807, 2.05) is 60.7 Å². The van der Waals surface area contributed by atoms with Crippen molar-refractivity contribution < 1.29 is 30.1 Å². The SMILES string of the molecule is Cl.[2H]N[C@@H](CCCC(N)C(=O)OCc1ccccc1)C(=O)N[C@@H](Cc1ccccc1)C(=O)N1CCC[C@H]1C(=O)OCC(Cl)(Cl)Cl. The molecule has 1 fully saturated rings. The van der Waals surface area contributed by atoms with Crippen molar-refractivity contribution in [2.45, 2.75) is 73.1 Å². The average Bonchev–Trinajstić information content (AvgIpc) is 3.51. The molecule has 2 aromatic rings. The van der Waals surface area contributed by atoms with Crippen molar-refractivity contribution in [3.05, 3.63) is 71.8 Å². The van der Waals surface area contributed by atoms with Gasteiger partial charge in [-0.2, -0.15) is 0 Å². The van der Waals surface area contributed by atoms with Gasteiger partial charge in [-0.25, -0.2) is 4.79 Å². The summed E-state index contributed by atoms with van der Waals surface area (Å²) >= 11 is 17.1. The number of halogens is 4. The quantitative estimate of drug-likeness (QED) is 0.189. The van der Waals surface area contributed by atoms with E-state index in [0.29, 0.717) is 19.3 Å². The molecule has 1 heterocycles. The van der Waals surface area contributed by atoms with Gasteiger partial charge in [-0.05, 0) is 43.2 Å². The lowest BCUT2D eigenvalue weighted by Crippen LogP contribution is -2.55. The largest absolute Gasteiger partial charge is 0.460 e. The van der Waals surface area contributed by atoms with Crippen LogP contribution in [0.5, 0.6) is 0 Å². The number of ether oxygens (including phenoxy) is 2. The molecule has 1 aliphatic heterocycles. The van der Waals surface area contributed by atoms with E-state index < -0.39 is 58.3 Å². The number of likely N-dealkylation sites (tertiary alicyclic amines) is 1. The molecule has 0 bridgehead atoms. The molecule has 0 radical (unpaired) electrons. The second kappa shape index (κ2) is 18.4. The third kappa shape index (κ3) is 12.4. The smallest absolute Gasteiger partial charge is 0.329 e. The highest BCUT2D eigenvalue weighted by atomic mass is 35.6. The second-order valence-corrected chi connectivity index (χ2v) is 12.9. The van der Waals surface area contributed by atoms with Crippen LogP contribution < -0.4 is 16.8 Å². The van der Waals surface area contributed by atoms with Gasteiger partial charge in [0, 0.05) is 13.0 Å². The topological polar surface area (TPSA) is 154 Å². The minimum atomic E-state index is -1.79. The molecule has 0 aromatic heterocycles. The predicted octanol–water partition coefficient (Wildman–Crippen LogP) is 3.61. The fourth-order valence-electron chi connectivity index (χ4n) is 4.67. The van der Waals surface area contributed by atoms with E-state index >= 15 is 0 Å². The normalized spacial score (nSPS) is 17.0. The molecule has 1 aliphatic rings. The molecule has 1 saturated heterocycles. The minimum Gasteiger partial charge on any atom is -0.460 e. The van der Waals surface area contributed by atoms with Gasteiger partial charge in [0.2, 0.25) is 15.6 Å². The van der Waals surface area contributed by atoms with Gasteiger partial charge in [0.1, 0.15) is 32.8 Å². The number of carbonyl (C=O) groups excluding carboxylic acids is 4. The molecule has 5 N–H and O–H groups in total. The first-order valence-electron chi connectivity index (χ1n) is 14.5. The first-order chi connectivity index (χ1) is 21.0. The van der Waals surface area contributed by atoms with Crippen LogP contribution >= 0.6 is 47.2 Å². The molecule has 3 rings (SSSR count). The molecule has 2 aromatic carbocycles. The molecule has 1 unspecified atom stereocenters. The Bertz CT molecular complexity index is 1240. The standard InChI is InChI=1S/C30H37Cl3N4O6.ClH/c31-30(32,33)19-43-29(41)25-15-8-16-37(25)27(39)24(17-20-9-3-1-4-10-20)36-26(38)22(34)13-7-14-23(35)28(40)42-18-21-11-5-2-6-12-21;/h1-6,9-12,22-25H,7-8,13-19,34-35H2,(H,36,38);1H/t22-,23?,24-,25-;/m0./s1/i/hD. The summed E-state index contributed by atoms with van der Waals surface area (Å²) in [7, 11) is 0. The highest BCUT2D eigenvalue weighted by molar-refractivity contribution is 6.67. The van der Waals surface area contributed by atoms with Crippen LogP contribution in [0, 0.1) is 0 Å². The van der Waals surface area contributed by atoms with E-state index in [9.17, 15) is 19.2 Å². The van der Waals surface area contributed by atoms with E-state index in [1.165, 1.54) is 4.90 Å². The lowest BCUT2D eigenvalue weighted by molar-refractivity contribution is -0.154. The monoisotopic (exact) mass is 691 g/mol. The van der Waals surface area contributed by atoms with E-state index in [1.54, 1.807) is 0 Å². The van der Waals surface area contributed by atoms with Crippen molar-refractivity contribution in [3.63, 3.8) is 0 Å². The van der Waals surface area contributed by atoms with E-state index in [2.05, 4.69) is 11.0 Å². The molecule has 14 heteroatoms. The number of nitrogens with two attached hydrogens (primary N) is 2. The summed E-state index contributed by atoms with van der Waals surface area (Å²) in [5.74, 6) is -2.31. The zero-order valence-electron chi connectivity index (χ0n) is 25.0. The third-order valence-corrected chi connectivity index (χ3v) is 7.26. The summed E-state index contributed by atoms with van der Waals surface area (Å²) < 4.78 is 16.3. The lowest BCUT2D eigenvalue weighted by Gasteiger charge is -2.29. The maximum Gasteiger partial charge on any atom is 0.329 e. The molecule has 44 heavy (non-hydrogen) atoms. The fourth-order valence-corrected chi connectivity index (χ4v) is 4.84. The summed E-state index contributed by atoms with van der Waals surface area (Å²) in [5.41, 5.74) is 9.85. The van der Waals surface area contributed by atoms with Gasteiger partial charge in [-0.3, -0.25) is 14.4 Å². The van der Waals surface area contributed by atoms with E-state index in [4.69, 9.17) is 51.4 Å². The Kier molecular flexibility index (Phi) is 15.0. The van der Waals surface area contributed by atoms with Crippen LogP contribution in [0.1, 0.15) is 43.2 Å². The van der Waals surface area contributed by atoms with Crippen molar-refractivity contribution >= 4 is 71.0 Å². The van der Waals surface area contributed by atoms with Crippen LogP contribution in [-0.4, -0.2) is 69.8 Å². The second-order valence-electron chi connectivity index (χ2n) is 10.3. The maximum absolute atomic E-state index is 13.7. The van der Waals surface area contributed by atoms with Crippen LogP contribution in [0.25, 0.3) is 0 Å². The summed E-state index contributed by atoms with van der Waals surface area (Å²) in [6, 6.07) is 14.5. The lowest BCUT2D eigenvalue weighted by atomic mass is 10.0. The van der Waals surface area contributed by atoms with Crippen molar-refractivity contribution in [1.82, 2.24) is 10.2 Å². The van der Waals surface area contributed by atoms with Crippen LogP contribution in [0.2, 0.25) is 1.41 Å². The number of amides is 2. The van der Waals surface area contributed by atoms with Gasteiger partial charge in [0.15, 0.2) is 0 Å². The van der Waals surface area contributed by atoms with Gasteiger partial charge < -0.3 is 31.2 Å². The Labute approximate surface area is 279 Å². The van der Waals surface area contributed by atoms with Gasteiger partial charge in [0.25, 0.3) is 0 Å². The number of rotatable bonds is 15. The number of nitrogens with zero attached hydrogens (tertiary/aromatic N) is 1. The Morgan fingerprint density at radius 2 is 1.59 bits per heavy atom. The Morgan fingerprint density at radius 3 is 2.20 bits per heavy atom. The number of nitrogens with one attached hydrogen (secondary N) is 1. The Balaban J connectivity index is 0.00000705. The maximum atomic E-state index is 13.7. The highest BCUT2D eigenvalue weighted by Crippen LogP contribution is 2.27. The van der Waals surface area contributed by atoms with Crippen molar-refractivity contribution in [2.75, 3.05) is 13.2 Å². The van der Waals surface area contributed by atoms with Crippen molar-refractivity contribution in [1.29, 1.82) is 0 Å². The number of benzene rings is 2. The molecule has 2 amide bonds. The van der Waals surface area contributed by atoms with Gasteiger partial charge in [-0.15, -0.1) is 12.4 Å². The van der Waals surface area contributed by atoms with Crippen LogP contribution in [0.15, 0.2) is 60.7 Å². The van der Waals surface area contributed by atoms with Crippen LogP contribution in [-0.2, 0) is 41.7 Å². The van der Waals surface area contributed by atoms with E-state index in [0.717, 1.165) is 11.1 Å². The number of esters is 2. The van der Waals surface area contributed by atoms with E-state index in [-0.39, 0.29) is 44.8 Å². The highest BCUT2D eigenvalue weighted by Gasteiger charge is 2.39. The number of hydrogen-bond acceptors (Lipinski definition) is 8. The summed E-state index contributed by atoms with van der Waals surface area (Å²) in [6.07, 6.45) is 1.82. The Hall–Kier alpha value is -2.60. The molecular formula is C30H38Cl4N4O6. The van der Waals surface area contributed by atoms with Gasteiger partial charge in [-0.1, -0.05) is 95.5 Å². The molecule has 242 valence electrons. The number of carbonyl (C=O) groups is 4. The van der Waals surface area contributed by atoms with Crippen LogP contribution in [0.3, 0.4) is 0 Å². The van der Waals surface area contributed by atoms with Crippen molar-refractivity contribution in [2.24, 2.45) is 11.5 Å². The van der Waals surface area contributed by atoms with Gasteiger partial charge in [0.05, 0.1) is 6.04 Å². The fraction of sp³-hybridized carbons (Fsp3) is 0.467. The first-order valence-corrected chi connectivity index (χ1v) is 15.1. The van der Waals surface area contributed by atoms with Gasteiger partial charge >= 0.3 is 11.9 Å². The molecule has 0 aliphatic carbocycles. The summed E-state index contributed by atoms with van der Waals surface area (Å²) in [6.45, 7) is -0.0810. The zero-order valence-corrected chi connectivity index (χ0v) is 27.0. The minimum absolute atomic E-state index is 0. The summed E-state index contributed by atoms with van der Waals surface area (Å²) in [4.78, 5) is 53.4. The molecule has 4 atom stereocenters. The number of hydrogen-bond donors (Lipinski definition) is 3. The predicted molar refractivity (Wildman–Crippen MR) is 171 cm³/mol. The Morgan fingerprint density at radius 1 is 0.977 bits per heavy atom. The average molecular weight is 693 g/mol. The first kappa shape index (κ1) is 35.9. The van der Waals surface area contributed by atoms with Crippen LogP contribution in [0.4, 0.5) is 0 Å². The third-order valence-electron chi connectivity index (χ3n) is 6.93. The zero-order chi connectivity index (χ0) is 32.1. The molecule has 10 nitrogen and oxygen atoms in total. The molecule has 0 spiro atoms. The summed E-state index contributed by atoms with van der Waals surface area (Å²) in [5, 5.41) is 2.76. The molecule has 0 saturated carbocycles.